The van der Waals surface area contributed by atoms with Gasteiger partial charge in [0, 0.05) is 13.1 Å². The Labute approximate surface area is 184 Å². The van der Waals surface area contributed by atoms with Crippen LogP contribution in [0.5, 0.6) is 0 Å². The maximum absolute atomic E-state index is 13.8. The first-order valence-electron chi connectivity index (χ1n) is 10.5. The molecule has 9 nitrogen and oxygen atoms in total. The van der Waals surface area contributed by atoms with Crippen molar-refractivity contribution >= 4 is 29.4 Å². The van der Waals surface area contributed by atoms with E-state index in [0.717, 1.165) is 10.5 Å². The molecule has 9 heteroatoms. The third kappa shape index (κ3) is 2.67. The molecule has 1 N–H and O–H groups in total. The summed E-state index contributed by atoms with van der Waals surface area (Å²) in [6.07, 6.45) is 1.15. The van der Waals surface area contributed by atoms with Crippen LogP contribution >= 0.6 is 0 Å². The highest BCUT2D eigenvalue weighted by Crippen LogP contribution is 2.57. The van der Waals surface area contributed by atoms with Gasteiger partial charge in [0.2, 0.25) is 17.7 Å². The minimum absolute atomic E-state index is 0.336. The summed E-state index contributed by atoms with van der Waals surface area (Å²) in [7, 11) is 1.24. The molecular formula is C23H23N3O6. The predicted octanol–water partition coefficient (Wildman–Crippen LogP) is 1.18. The van der Waals surface area contributed by atoms with Crippen molar-refractivity contribution in [2.45, 2.75) is 24.9 Å². The summed E-state index contributed by atoms with van der Waals surface area (Å²) in [4.78, 5) is 56.3. The van der Waals surface area contributed by atoms with E-state index in [2.05, 4.69) is 5.32 Å². The van der Waals surface area contributed by atoms with Crippen LogP contribution in [0.2, 0.25) is 0 Å². The van der Waals surface area contributed by atoms with Crippen molar-refractivity contribution in [3.63, 3.8) is 0 Å². The summed E-state index contributed by atoms with van der Waals surface area (Å²) in [5.41, 5.74) is -0.115. The second-order valence-corrected chi connectivity index (χ2v) is 8.44. The molecule has 3 fully saturated rings. The van der Waals surface area contributed by atoms with Gasteiger partial charge in [0.25, 0.3) is 0 Å². The first-order valence-corrected chi connectivity index (χ1v) is 10.5. The van der Waals surface area contributed by atoms with Crippen molar-refractivity contribution in [3.8, 4) is 0 Å². The van der Waals surface area contributed by atoms with Gasteiger partial charge in [0.15, 0.2) is 0 Å². The van der Waals surface area contributed by atoms with Gasteiger partial charge in [-0.25, -0.2) is 4.90 Å². The number of anilines is 1. The smallest absolute Gasteiger partial charge is 0.307 e. The lowest BCUT2D eigenvalue weighted by Crippen LogP contribution is -2.67. The number of piperazine rings is 1. The van der Waals surface area contributed by atoms with Gasteiger partial charge in [-0.1, -0.05) is 17.7 Å². The van der Waals surface area contributed by atoms with Crippen LogP contribution in [0.1, 0.15) is 23.8 Å². The van der Waals surface area contributed by atoms with Gasteiger partial charge in [0.1, 0.15) is 11.3 Å². The highest BCUT2D eigenvalue weighted by Gasteiger charge is 2.73. The summed E-state index contributed by atoms with van der Waals surface area (Å²) < 4.78 is 10.5. The van der Waals surface area contributed by atoms with Gasteiger partial charge < -0.3 is 14.5 Å². The van der Waals surface area contributed by atoms with E-state index in [1.54, 1.807) is 29.2 Å². The van der Waals surface area contributed by atoms with Gasteiger partial charge >= 0.3 is 5.97 Å². The van der Waals surface area contributed by atoms with Gasteiger partial charge in [0.05, 0.1) is 43.4 Å². The van der Waals surface area contributed by atoms with Crippen molar-refractivity contribution in [1.82, 2.24) is 10.2 Å². The molecule has 166 valence electrons. The summed E-state index contributed by atoms with van der Waals surface area (Å²) in [5, 5.41) is 2.80. The fourth-order valence-electron chi connectivity index (χ4n) is 5.51. The highest BCUT2D eigenvalue weighted by atomic mass is 16.5. The number of nitrogens with one attached hydrogen (secondary N) is 1. The van der Waals surface area contributed by atoms with Gasteiger partial charge in [-0.3, -0.25) is 24.1 Å². The quantitative estimate of drug-likeness (QED) is 0.565. The molecule has 2 aromatic rings. The first kappa shape index (κ1) is 20.4. The largest absolute Gasteiger partial charge is 0.469 e. The van der Waals surface area contributed by atoms with Crippen molar-refractivity contribution < 1.29 is 28.3 Å². The van der Waals surface area contributed by atoms with Crippen LogP contribution in [0.25, 0.3) is 0 Å². The van der Waals surface area contributed by atoms with E-state index in [-0.39, 0.29) is 6.42 Å². The Balaban J connectivity index is 1.69. The minimum Gasteiger partial charge on any atom is -0.469 e. The molecule has 0 bridgehead atoms. The zero-order valence-electron chi connectivity index (χ0n) is 17.7. The minimum atomic E-state index is -1.54. The number of imide groups is 1. The Hall–Kier alpha value is -3.46. The highest BCUT2D eigenvalue weighted by molar-refractivity contribution is 6.24. The number of amides is 3. The zero-order valence-corrected chi connectivity index (χ0v) is 17.7. The number of carbonyl (C=O) groups excluding carboxylic acids is 4. The van der Waals surface area contributed by atoms with Crippen LogP contribution in [0, 0.1) is 18.8 Å². The Morgan fingerprint density at radius 3 is 2.59 bits per heavy atom. The number of aryl methyl sites for hydroxylation is 1. The van der Waals surface area contributed by atoms with Crippen molar-refractivity contribution in [2.24, 2.45) is 11.8 Å². The van der Waals surface area contributed by atoms with Gasteiger partial charge in [-0.05, 0) is 31.2 Å². The molecule has 0 spiro atoms. The number of hydrogen-bond donors (Lipinski definition) is 1. The average molecular weight is 437 g/mol. The lowest BCUT2D eigenvalue weighted by Gasteiger charge is -2.44. The molecule has 0 aliphatic carbocycles. The van der Waals surface area contributed by atoms with E-state index in [9.17, 15) is 19.2 Å². The number of hydrogen-bond acceptors (Lipinski definition) is 7. The monoisotopic (exact) mass is 437 g/mol. The molecule has 0 radical (unpaired) electrons. The normalized spacial score (nSPS) is 29.6. The van der Waals surface area contributed by atoms with E-state index >= 15 is 0 Å². The lowest BCUT2D eigenvalue weighted by molar-refractivity contribution is -0.154. The van der Waals surface area contributed by atoms with Crippen LogP contribution in [-0.4, -0.2) is 54.3 Å². The topological polar surface area (TPSA) is 109 Å². The lowest BCUT2D eigenvalue weighted by atomic mass is 9.76. The van der Waals surface area contributed by atoms with Crippen molar-refractivity contribution in [3.05, 3.63) is 54.0 Å². The molecule has 0 unspecified atom stereocenters. The summed E-state index contributed by atoms with van der Waals surface area (Å²) in [6, 6.07) is 9.83. The third-order valence-electron chi connectivity index (χ3n) is 6.85. The van der Waals surface area contributed by atoms with Crippen LogP contribution in [0.3, 0.4) is 0 Å². The molecule has 5 rings (SSSR count). The Kier molecular flexibility index (Phi) is 4.67. The number of nitrogens with zero attached hydrogens (tertiary/aromatic N) is 2. The van der Waals surface area contributed by atoms with Crippen LogP contribution in [0.4, 0.5) is 5.69 Å². The van der Waals surface area contributed by atoms with Crippen LogP contribution in [0.15, 0.2) is 47.1 Å². The number of carbonyl (C=O) groups is 4. The second kappa shape index (κ2) is 7.30. The predicted molar refractivity (Wildman–Crippen MR) is 111 cm³/mol. The molecule has 3 saturated heterocycles. The maximum Gasteiger partial charge on any atom is 0.307 e. The van der Waals surface area contributed by atoms with Gasteiger partial charge in [-0.15, -0.1) is 0 Å². The number of methoxy groups -OCH3 is 1. The van der Waals surface area contributed by atoms with Crippen LogP contribution in [-0.2, 0) is 23.9 Å². The molecule has 1 aromatic heterocycles. The summed E-state index contributed by atoms with van der Waals surface area (Å²) in [6.45, 7) is 2.61. The summed E-state index contributed by atoms with van der Waals surface area (Å²) >= 11 is 0. The molecule has 3 amide bonds. The fraction of sp³-hybridized carbons (Fsp3) is 0.391. The van der Waals surface area contributed by atoms with E-state index in [1.807, 2.05) is 19.1 Å². The Morgan fingerprint density at radius 1 is 1.19 bits per heavy atom. The second-order valence-electron chi connectivity index (χ2n) is 8.44. The van der Waals surface area contributed by atoms with Crippen LogP contribution < -0.4 is 10.2 Å². The molecule has 4 heterocycles. The average Bonchev–Trinajstić information content (AvgIpc) is 3.46. The number of benzene rings is 1. The Bertz CT molecular complexity index is 1100. The van der Waals surface area contributed by atoms with E-state index in [0.29, 0.717) is 24.5 Å². The molecule has 3 aliphatic heterocycles. The molecule has 4 atom stereocenters. The van der Waals surface area contributed by atoms with Gasteiger partial charge in [-0.2, -0.15) is 0 Å². The van der Waals surface area contributed by atoms with E-state index in [4.69, 9.17) is 9.15 Å². The number of ether oxygens (including phenoxy) is 1. The van der Waals surface area contributed by atoms with E-state index in [1.165, 1.54) is 13.4 Å². The zero-order chi connectivity index (χ0) is 22.6. The number of fused-ring (bicyclic) bond motifs is 3. The first-order chi connectivity index (χ1) is 15.4. The Morgan fingerprint density at radius 2 is 1.94 bits per heavy atom. The SMILES string of the molecule is COC(=O)C[C@]12C(=O)NCCN1[C@H](c1ccco1)[C@H]1C(=O)N(c3ccc(C)cc3)C(=O)[C@@H]12. The van der Waals surface area contributed by atoms with Crippen molar-refractivity contribution in [1.29, 1.82) is 0 Å². The number of esters is 1. The maximum atomic E-state index is 13.8. The third-order valence-corrected chi connectivity index (χ3v) is 6.85. The molecule has 0 saturated carbocycles. The molecule has 32 heavy (non-hydrogen) atoms. The standard InChI is InChI=1S/C23H23N3O6/c1-13-5-7-14(8-6-13)26-20(28)17-18(21(26)29)23(12-16(27)31-2)22(30)24-9-10-25(23)19(17)15-4-3-11-32-15/h3-8,11,17-19H,9-10,12H2,1-2H3,(H,24,30)/t17-,18+,19+,23-/m0/s1. The molecular weight excluding hydrogens is 414 g/mol. The number of rotatable bonds is 4. The molecule has 3 aliphatic rings. The fourth-order valence-corrected chi connectivity index (χ4v) is 5.51. The summed E-state index contributed by atoms with van der Waals surface area (Å²) in [5.74, 6) is -3.42. The molecule has 1 aromatic carbocycles. The van der Waals surface area contributed by atoms with E-state index < -0.39 is 47.1 Å². The van der Waals surface area contributed by atoms with Crippen molar-refractivity contribution in [2.75, 3.05) is 25.1 Å². The number of furan rings is 1.